The second kappa shape index (κ2) is 5.37. The lowest BCUT2D eigenvalue weighted by Crippen LogP contribution is -2.39. The Labute approximate surface area is 118 Å². The van der Waals surface area contributed by atoms with E-state index in [2.05, 4.69) is 15.2 Å². The van der Waals surface area contributed by atoms with Gasteiger partial charge in [-0.3, -0.25) is 4.79 Å². The van der Waals surface area contributed by atoms with Gasteiger partial charge in [0.1, 0.15) is 11.5 Å². The first-order chi connectivity index (χ1) is 9.24. The van der Waals surface area contributed by atoms with Gasteiger partial charge in [0, 0.05) is 19.1 Å². The van der Waals surface area contributed by atoms with Gasteiger partial charge in [0.25, 0.3) is 5.91 Å². The Hall–Kier alpha value is -1.29. The van der Waals surface area contributed by atoms with Crippen LogP contribution in [0.1, 0.15) is 42.6 Å². The molecule has 3 rings (SSSR count). The second-order valence-corrected chi connectivity index (χ2v) is 5.70. The number of anilines is 1. The number of hydrogen-bond donors (Lipinski definition) is 1. The summed E-state index contributed by atoms with van der Waals surface area (Å²) in [4.78, 5) is 18.7. The summed E-state index contributed by atoms with van der Waals surface area (Å²) in [6, 6.07) is 3.81. The van der Waals surface area contributed by atoms with Gasteiger partial charge in [-0.2, -0.15) is 0 Å². The van der Waals surface area contributed by atoms with Crippen molar-refractivity contribution in [3.63, 3.8) is 0 Å². The normalized spacial score (nSPS) is 19.3. The van der Waals surface area contributed by atoms with E-state index in [1.54, 1.807) is 12.1 Å². The fourth-order valence-corrected chi connectivity index (χ4v) is 2.75. The summed E-state index contributed by atoms with van der Waals surface area (Å²) in [7, 11) is 0. The van der Waals surface area contributed by atoms with Gasteiger partial charge < -0.3 is 10.2 Å². The van der Waals surface area contributed by atoms with E-state index in [4.69, 9.17) is 11.6 Å². The monoisotopic (exact) mass is 279 g/mol. The molecule has 0 spiro atoms. The summed E-state index contributed by atoms with van der Waals surface area (Å²) in [5.74, 6) is 0.669. The SMILES string of the molecule is O=C(NC1CCC1)c1ccc(Cl)c(N2CCCC2)n1. The molecule has 1 aromatic heterocycles. The lowest BCUT2D eigenvalue weighted by Gasteiger charge is -2.26. The van der Waals surface area contributed by atoms with E-state index in [0.717, 1.165) is 44.6 Å². The lowest BCUT2D eigenvalue weighted by molar-refractivity contribution is 0.0912. The highest BCUT2D eigenvalue weighted by atomic mass is 35.5. The van der Waals surface area contributed by atoms with Crippen molar-refractivity contribution < 1.29 is 4.79 Å². The summed E-state index contributed by atoms with van der Waals surface area (Å²) in [6.07, 6.45) is 5.70. The van der Waals surface area contributed by atoms with Crippen molar-refractivity contribution in [1.82, 2.24) is 10.3 Å². The first-order valence-electron chi connectivity index (χ1n) is 6.96. The van der Waals surface area contributed by atoms with E-state index in [0.29, 0.717) is 16.8 Å². The molecule has 2 aliphatic rings. The fourth-order valence-electron chi connectivity index (χ4n) is 2.52. The number of aromatic nitrogens is 1. The first-order valence-corrected chi connectivity index (χ1v) is 7.34. The molecule has 19 heavy (non-hydrogen) atoms. The standard InChI is InChI=1S/C14H18ClN3O/c15-11-6-7-12(14(19)16-10-4-3-5-10)17-13(11)18-8-1-2-9-18/h6-7,10H,1-5,8-9H2,(H,16,19). The van der Waals surface area contributed by atoms with Gasteiger partial charge in [-0.25, -0.2) is 4.98 Å². The Morgan fingerprint density at radius 2 is 2.00 bits per heavy atom. The van der Waals surface area contributed by atoms with Crippen LogP contribution in [-0.4, -0.2) is 30.0 Å². The molecular formula is C14H18ClN3O. The van der Waals surface area contributed by atoms with Crippen LogP contribution in [0.5, 0.6) is 0 Å². The number of hydrogen-bond acceptors (Lipinski definition) is 3. The average molecular weight is 280 g/mol. The van der Waals surface area contributed by atoms with Crippen molar-refractivity contribution in [2.75, 3.05) is 18.0 Å². The van der Waals surface area contributed by atoms with E-state index in [9.17, 15) is 4.79 Å². The predicted octanol–water partition coefficient (Wildman–Crippen LogP) is 2.62. The van der Waals surface area contributed by atoms with E-state index >= 15 is 0 Å². The van der Waals surface area contributed by atoms with Crippen LogP contribution in [0.2, 0.25) is 5.02 Å². The number of rotatable bonds is 3. The van der Waals surface area contributed by atoms with Crippen LogP contribution in [0.15, 0.2) is 12.1 Å². The largest absolute Gasteiger partial charge is 0.355 e. The Morgan fingerprint density at radius 1 is 1.26 bits per heavy atom. The Balaban J connectivity index is 1.77. The highest BCUT2D eigenvalue weighted by molar-refractivity contribution is 6.33. The zero-order chi connectivity index (χ0) is 13.2. The van der Waals surface area contributed by atoms with E-state index in [1.807, 2.05) is 0 Å². The Kier molecular flexibility index (Phi) is 3.60. The van der Waals surface area contributed by atoms with Gasteiger partial charge >= 0.3 is 0 Å². The Morgan fingerprint density at radius 3 is 2.63 bits per heavy atom. The molecule has 1 aliphatic heterocycles. The van der Waals surface area contributed by atoms with E-state index in [-0.39, 0.29) is 5.91 Å². The minimum absolute atomic E-state index is 0.0817. The number of halogens is 1. The predicted molar refractivity (Wildman–Crippen MR) is 75.8 cm³/mol. The maximum Gasteiger partial charge on any atom is 0.270 e. The summed E-state index contributed by atoms with van der Waals surface area (Å²) < 4.78 is 0. The first kappa shape index (κ1) is 12.7. The molecule has 1 saturated carbocycles. The topological polar surface area (TPSA) is 45.2 Å². The molecule has 5 heteroatoms. The van der Waals surface area contributed by atoms with Crippen LogP contribution in [0.4, 0.5) is 5.82 Å². The highest BCUT2D eigenvalue weighted by Crippen LogP contribution is 2.27. The summed E-state index contributed by atoms with van der Waals surface area (Å²) in [5.41, 5.74) is 0.471. The van der Waals surface area contributed by atoms with Crippen molar-refractivity contribution in [2.24, 2.45) is 0 Å². The number of carbonyl (C=O) groups excluding carboxylic acids is 1. The lowest BCUT2D eigenvalue weighted by atomic mass is 9.93. The van der Waals surface area contributed by atoms with Crippen LogP contribution in [-0.2, 0) is 0 Å². The molecule has 0 unspecified atom stereocenters. The highest BCUT2D eigenvalue weighted by Gasteiger charge is 2.22. The number of nitrogens with one attached hydrogen (secondary N) is 1. The summed E-state index contributed by atoms with van der Waals surface area (Å²) in [5, 5.41) is 3.63. The van der Waals surface area contributed by atoms with E-state index in [1.165, 1.54) is 6.42 Å². The minimum Gasteiger partial charge on any atom is -0.355 e. The average Bonchev–Trinajstić information content (AvgIpc) is 2.88. The quantitative estimate of drug-likeness (QED) is 0.925. The molecule has 0 aromatic carbocycles. The molecule has 4 nitrogen and oxygen atoms in total. The summed E-state index contributed by atoms with van der Waals surface area (Å²) >= 11 is 6.19. The molecule has 0 atom stereocenters. The summed E-state index contributed by atoms with van der Waals surface area (Å²) in [6.45, 7) is 1.95. The maximum atomic E-state index is 12.1. The molecule has 1 amide bonds. The number of nitrogens with zero attached hydrogens (tertiary/aromatic N) is 2. The Bertz CT molecular complexity index is 482. The van der Waals surface area contributed by atoms with Crippen molar-refractivity contribution in [1.29, 1.82) is 0 Å². The van der Waals surface area contributed by atoms with Gasteiger partial charge in [-0.1, -0.05) is 11.6 Å². The van der Waals surface area contributed by atoms with Crippen LogP contribution in [0, 0.1) is 0 Å². The second-order valence-electron chi connectivity index (χ2n) is 5.30. The smallest absolute Gasteiger partial charge is 0.270 e. The van der Waals surface area contributed by atoms with Crippen LogP contribution in [0.25, 0.3) is 0 Å². The number of carbonyl (C=O) groups is 1. The van der Waals surface area contributed by atoms with Gasteiger partial charge in [0.2, 0.25) is 0 Å². The van der Waals surface area contributed by atoms with Crippen molar-refractivity contribution >= 4 is 23.3 Å². The molecular weight excluding hydrogens is 262 g/mol. The van der Waals surface area contributed by atoms with Gasteiger partial charge in [0.05, 0.1) is 5.02 Å². The van der Waals surface area contributed by atoms with Crippen molar-refractivity contribution in [3.05, 3.63) is 22.8 Å². The molecule has 1 saturated heterocycles. The van der Waals surface area contributed by atoms with Gasteiger partial charge in [-0.15, -0.1) is 0 Å². The van der Waals surface area contributed by atoms with Crippen molar-refractivity contribution in [2.45, 2.75) is 38.1 Å². The molecule has 1 aliphatic carbocycles. The third-order valence-corrected chi connectivity index (χ3v) is 4.20. The number of pyridine rings is 1. The zero-order valence-corrected chi connectivity index (χ0v) is 11.6. The fraction of sp³-hybridized carbons (Fsp3) is 0.571. The zero-order valence-electron chi connectivity index (χ0n) is 10.9. The number of amides is 1. The third kappa shape index (κ3) is 2.68. The maximum absolute atomic E-state index is 12.1. The molecule has 2 heterocycles. The van der Waals surface area contributed by atoms with Crippen LogP contribution in [0.3, 0.4) is 0 Å². The molecule has 2 fully saturated rings. The van der Waals surface area contributed by atoms with Crippen molar-refractivity contribution in [3.8, 4) is 0 Å². The van der Waals surface area contributed by atoms with Gasteiger partial charge in [0.15, 0.2) is 0 Å². The van der Waals surface area contributed by atoms with Gasteiger partial charge in [-0.05, 0) is 44.2 Å². The molecule has 0 radical (unpaired) electrons. The molecule has 1 N–H and O–H groups in total. The van der Waals surface area contributed by atoms with Crippen LogP contribution >= 0.6 is 11.6 Å². The molecule has 1 aromatic rings. The molecule has 0 bridgehead atoms. The van der Waals surface area contributed by atoms with E-state index < -0.39 is 0 Å². The molecule has 102 valence electrons. The minimum atomic E-state index is -0.0817. The van der Waals surface area contributed by atoms with Crippen LogP contribution < -0.4 is 10.2 Å². The third-order valence-electron chi connectivity index (χ3n) is 3.91.